The quantitative estimate of drug-likeness (QED) is 0.599. The van der Waals surface area contributed by atoms with Crippen LogP contribution in [0.4, 0.5) is 0 Å². The second-order valence-electron chi connectivity index (χ2n) is 6.63. The van der Waals surface area contributed by atoms with Gasteiger partial charge < -0.3 is 0 Å². The van der Waals surface area contributed by atoms with Crippen LogP contribution in [0.1, 0.15) is 18.1 Å². The summed E-state index contributed by atoms with van der Waals surface area (Å²) in [7, 11) is 0.845. The number of hydrogen-bond donors (Lipinski definition) is 0. The summed E-state index contributed by atoms with van der Waals surface area (Å²) in [6.07, 6.45) is 3.44. The lowest BCUT2D eigenvalue weighted by molar-refractivity contribution is -0.660. The van der Waals surface area contributed by atoms with Crippen molar-refractivity contribution in [3.05, 3.63) is 47.7 Å². The van der Waals surface area contributed by atoms with Gasteiger partial charge in [0, 0.05) is 17.2 Å². The van der Waals surface area contributed by atoms with E-state index < -0.39 is 8.07 Å². The molecule has 20 heavy (non-hydrogen) atoms. The number of nitrogens with zero attached hydrogens (tertiary/aromatic N) is 1. The van der Waals surface area contributed by atoms with Gasteiger partial charge in [-0.2, -0.15) is 0 Å². The molecule has 0 N–H and O–H groups in total. The molecule has 0 atom stereocenters. The molecule has 0 aliphatic heterocycles. The van der Waals surface area contributed by atoms with Crippen LogP contribution >= 0.6 is 0 Å². The number of hydrogen-bond acceptors (Lipinski definition) is 0. The lowest BCUT2D eigenvalue weighted by Gasteiger charge is -2.20. The first-order valence-electron chi connectivity index (χ1n) is 7.43. The number of benzene rings is 1. The second-order valence-corrected chi connectivity index (χ2v) is 11.7. The second kappa shape index (κ2) is 5.53. The van der Waals surface area contributed by atoms with Crippen LogP contribution in [0.5, 0.6) is 0 Å². The largest absolute Gasteiger partial charge is 0.212 e. The van der Waals surface area contributed by atoms with E-state index in [-0.39, 0.29) is 0 Å². The molecule has 0 unspecified atom stereocenters. The van der Waals surface area contributed by atoms with E-state index in [1.807, 2.05) is 0 Å². The summed E-state index contributed by atoms with van der Waals surface area (Å²) in [4.78, 5) is 0. The smallest absolute Gasteiger partial charge is 0.201 e. The van der Waals surface area contributed by atoms with Gasteiger partial charge >= 0.3 is 0 Å². The molecule has 0 bridgehead atoms. The third-order valence-electron chi connectivity index (χ3n) is 3.97. The van der Waals surface area contributed by atoms with Gasteiger partial charge in [-0.25, -0.2) is 4.57 Å². The number of aryl methyl sites for hydroxylation is 3. The van der Waals surface area contributed by atoms with E-state index in [1.165, 1.54) is 22.4 Å². The predicted octanol–water partition coefficient (Wildman–Crippen LogP) is 3.59. The minimum absolute atomic E-state index is 1.11. The monoisotopic (exact) mass is 284 g/mol. The Labute approximate surface area is 124 Å². The first-order valence-corrected chi connectivity index (χ1v) is 10.9. The van der Waals surface area contributed by atoms with Crippen molar-refractivity contribution in [2.24, 2.45) is 7.05 Å². The number of pyridine rings is 1. The van der Waals surface area contributed by atoms with E-state index in [2.05, 4.69) is 81.6 Å². The van der Waals surface area contributed by atoms with Crippen LogP contribution in [0.15, 0.2) is 36.5 Å². The highest BCUT2D eigenvalue weighted by atomic mass is 28.3. The van der Waals surface area contributed by atoms with E-state index >= 15 is 0 Å². The van der Waals surface area contributed by atoms with Gasteiger partial charge in [-0.3, -0.25) is 0 Å². The normalized spacial score (nSPS) is 11.7. The number of rotatable bonds is 3. The third-order valence-corrected chi connectivity index (χ3v) is 6.05. The average Bonchev–Trinajstić information content (AvgIpc) is 2.38. The summed E-state index contributed by atoms with van der Waals surface area (Å²) < 4.78 is 2.28. The summed E-state index contributed by atoms with van der Waals surface area (Å²) in [5.41, 5.74) is 5.52. The minimum atomic E-state index is -1.32. The molecule has 0 spiro atoms. The lowest BCUT2D eigenvalue weighted by atomic mass is 10.0. The molecule has 0 aliphatic carbocycles. The molecule has 0 saturated carbocycles. The Morgan fingerprint density at radius 3 is 2.30 bits per heavy atom. The molecule has 2 heteroatoms. The summed E-state index contributed by atoms with van der Waals surface area (Å²) in [6, 6.07) is 11.1. The highest BCUT2D eigenvalue weighted by Gasteiger charge is 2.25. The third kappa shape index (κ3) is 2.85. The Bertz CT molecular complexity index is 624. The highest BCUT2D eigenvalue weighted by molar-refractivity contribution is 6.89. The molecule has 0 aliphatic rings. The molecule has 1 aromatic heterocycles. The van der Waals surface area contributed by atoms with Crippen LogP contribution in [0, 0.1) is 6.92 Å². The fourth-order valence-corrected chi connectivity index (χ4v) is 4.59. The van der Waals surface area contributed by atoms with Crippen molar-refractivity contribution in [3.8, 4) is 11.3 Å². The first kappa shape index (κ1) is 15.0. The molecule has 1 heterocycles. The van der Waals surface area contributed by atoms with Crippen LogP contribution in [0.3, 0.4) is 0 Å². The summed E-state index contributed by atoms with van der Waals surface area (Å²) >= 11 is 0. The van der Waals surface area contributed by atoms with Gasteiger partial charge in [-0.05, 0) is 30.2 Å². The molecule has 0 saturated heterocycles. The molecule has 1 nitrogen and oxygen atoms in total. The Morgan fingerprint density at radius 2 is 1.75 bits per heavy atom. The fraction of sp³-hybridized carbons (Fsp3) is 0.389. The van der Waals surface area contributed by atoms with Crippen molar-refractivity contribution in [1.82, 2.24) is 0 Å². The van der Waals surface area contributed by atoms with Crippen molar-refractivity contribution in [2.45, 2.75) is 39.9 Å². The molecule has 0 fully saturated rings. The van der Waals surface area contributed by atoms with Crippen LogP contribution in [-0.2, 0) is 13.5 Å². The molecular formula is C18H26NSi+. The molecule has 0 amide bonds. The van der Waals surface area contributed by atoms with Gasteiger partial charge in [0.1, 0.15) is 7.05 Å². The van der Waals surface area contributed by atoms with E-state index in [4.69, 9.17) is 0 Å². The fourth-order valence-electron chi connectivity index (χ4n) is 2.81. The zero-order valence-electron chi connectivity index (χ0n) is 13.6. The van der Waals surface area contributed by atoms with E-state index in [0.717, 1.165) is 6.42 Å². The predicted molar refractivity (Wildman–Crippen MR) is 90.1 cm³/mol. The van der Waals surface area contributed by atoms with Crippen LogP contribution in [0.25, 0.3) is 11.3 Å². The van der Waals surface area contributed by atoms with Gasteiger partial charge in [-0.1, -0.05) is 44.8 Å². The maximum Gasteiger partial charge on any atom is 0.212 e. The molecular weight excluding hydrogens is 258 g/mol. The van der Waals surface area contributed by atoms with Crippen molar-refractivity contribution < 1.29 is 4.57 Å². The molecule has 1 aromatic carbocycles. The van der Waals surface area contributed by atoms with Gasteiger partial charge in [-0.15, -0.1) is 0 Å². The number of aromatic nitrogens is 1. The topological polar surface area (TPSA) is 3.88 Å². The van der Waals surface area contributed by atoms with Crippen LogP contribution in [-0.4, -0.2) is 8.07 Å². The molecule has 106 valence electrons. The van der Waals surface area contributed by atoms with Crippen molar-refractivity contribution in [1.29, 1.82) is 0 Å². The van der Waals surface area contributed by atoms with E-state index in [0.29, 0.717) is 0 Å². The van der Waals surface area contributed by atoms with Gasteiger partial charge in [0.05, 0.1) is 8.07 Å². The van der Waals surface area contributed by atoms with Gasteiger partial charge in [0.2, 0.25) is 5.69 Å². The first-order chi connectivity index (χ1) is 9.34. The Morgan fingerprint density at radius 1 is 1.10 bits per heavy atom. The summed E-state index contributed by atoms with van der Waals surface area (Å²) in [5, 5.41) is 1.59. The maximum absolute atomic E-state index is 2.44. The molecule has 0 radical (unpaired) electrons. The van der Waals surface area contributed by atoms with E-state index in [9.17, 15) is 0 Å². The standard InChI is InChI=1S/C18H26NSi/c1-7-15-13-19(3)17(12-18(15)20(4,5)6)16-11-9-8-10-14(16)2/h8-13H,7H2,1-6H3/q+1. The van der Waals surface area contributed by atoms with Gasteiger partial charge in [0.15, 0.2) is 6.20 Å². The van der Waals surface area contributed by atoms with Crippen molar-refractivity contribution in [2.75, 3.05) is 0 Å². The summed E-state index contributed by atoms with van der Waals surface area (Å²) in [5.74, 6) is 0. The highest BCUT2D eigenvalue weighted by Crippen LogP contribution is 2.20. The maximum atomic E-state index is 2.44. The van der Waals surface area contributed by atoms with Crippen LogP contribution < -0.4 is 9.75 Å². The summed E-state index contributed by atoms with van der Waals surface area (Å²) in [6.45, 7) is 11.7. The van der Waals surface area contributed by atoms with Crippen molar-refractivity contribution >= 4 is 13.3 Å². The van der Waals surface area contributed by atoms with Gasteiger partial charge in [0.25, 0.3) is 0 Å². The van der Waals surface area contributed by atoms with Crippen LogP contribution in [0.2, 0.25) is 19.6 Å². The molecule has 2 aromatic rings. The Balaban J connectivity index is 2.70. The average molecular weight is 284 g/mol. The lowest BCUT2D eigenvalue weighted by Crippen LogP contribution is -2.45. The minimum Gasteiger partial charge on any atom is -0.201 e. The zero-order chi connectivity index (χ0) is 14.9. The Kier molecular flexibility index (Phi) is 4.14. The SMILES string of the molecule is CCc1c[n+](C)c(-c2ccccc2C)cc1[Si](C)(C)C. The van der Waals surface area contributed by atoms with Crippen molar-refractivity contribution in [3.63, 3.8) is 0 Å². The van der Waals surface area contributed by atoms with E-state index in [1.54, 1.807) is 5.19 Å². The molecule has 2 rings (SSSR count). The Hall–Kier alpha value is -1.41. The zero-order valence-corrected chi connectivity index (χ0v) is 14.6.